The summed E-state index contributed by atoms with van der Waals surface area (Å²) in [6.07, 6.45) is 1.46. The first-order valence-electron chi connectivity index (χ1n) is 4.01. The molecule has 65 valence electrons. The Morgan fingerprint density at radius 1 is 1.36 bits per heavy atom. The zero-order valence-electron chi connectivity index (χ0n) is 6.78. The van der Waals surface area contributed by atoms with Crippen molar-refractivity contribution < 1.29 is 8.42 Å². The summed E-state index contributed by atoms with van der Waals surface area (Å²) in [6.45, 7) is 3.16. The Labute approximate surface area is 68.1 Å². The number of nitrogens with zero attached hydrogens (tertiary/aromatic N) is 1. The topological polar surface area (TPSA) is 48.2 Å². The molecule has 11 heavy (non-hydrogen) atoms. The van der Waals surface area contributed by atoms with Gasteiger partial charge in [0.1, 0.15) is 0 Å². The molecule has 0 bridgehead atoms. The van der Waals surface area contributed by atoms with Gasteiger partial charge in [0.2, 0.25) is 0 Å². The Bertz CT molecular complexity index is 204. The molecule has 4 heteroatoms. The Kier molecular flexibility index (Phi) is 2.90. The quantitative estimate of drug-likeness (QED) is 0.603. The van der Waals surface area contributed by atoms with E-state index >= 15 is 0 Å². The molecule has 0 unspecified atom stereocenters. The van der Waals surface area contributed by atoms with Gasteiger partial charge in [0.25, 0.3) is 0 Å². The van der Waals surface area contributed by atoms with Crippen LogP contribution in [0.3, 0.4) is 0 Å². The lowest BCUT2D eigenvalue weighted by Gasteiger charge is -2.20. The molecule has 0 spiro atoms. The molecule has 0 aromatic rings. The van der Waals surface area contributed by atoms with Crippen molar-refractivity contribution in [1.29, 1.82) is 0 Å². The zero-order chi connectivity index (χ0) is 8.32. The minimum absolute atomic E-state index is 0.106. The lowest BCUT2D eigenvalue weighted by molar-refractivity contribution is 0.491. The van der Waals surface area contributed by atoms with Crippen LogP contribution in [0.15, 0.2) is 0 Å². The standard InChI is InChI=1S/C7H14NO2S/c1-2-11(9,10)7-3-5-8-6-4-7/h7H,2-6H2,1H3. The highest BCUT2D eigenvalue weighted by atomic mass is 32.2. The first kappa shape index (κ1) is 9.00. The summed E-state index contributed by atoms with van der Waals surface area (Å²) in [6, 6.07) is 0. The van der Waals surface area contributed by atoms with Crippen molar-refractivity contribution in [1.82, 2.24) is 5.32 Å². The van der Waals surface area contributed by atoms with Gasteiger partial charge >= 0.3 is 0 Å². The van der Waals surface area contributed by atoms with Crippen molar-refractivity contribution in [2.75, 3.05) is 18.8 Å². The molecule has 0 saturated carbocycles. The molecule has 0 atom stereocenters. The van der Waals surface area contributed by atoms with Crippen molar-refractivity contribution >= 4 is 9.84 Å². The van der Waals surface area contributed by atoms with Crippen LogP contribution >= 0.6 is 0 Å². The smallest absolute Gasteiger partial charge is 0.152 e. The van der Waals surface area contributed by atoms with E-state index in [1.54, 1.807) is 6.92 Å². The number of sulfone groups is 1. The van der Waals surface area contributed by atoms with Crippen molar-refractivity contribution in [3.05, 3.63) is 0 Å². The number of piperidine rings is 1. The first-order chi connectivity index (χ1) is 5.17. The summed E-state index contributed by atoms with van der Waals surface area (Å²) in [5.41, 5.74) is 0. The molecule has 1 heterocycles. The molecule has 1 fully saturated rings. The van der Waals surface area contributed by atoms with Crippen molar-refractivity contribution in [2.24, 2.45) is 0 Å². The average Bonchev–Trinajstić information content (AvgIpc) is 2.06. The van der Waals surface area contributed by atoms with Gasteiger partial charge in [-0.3, -0.25) is 0 Å². The molecule has 0 amide bonds. The SMILES string of the molecule is CCS(=O)(=O)C1CC[N]CC1. The Balaban J connectivity index is 2.58. The van der Waals surface area contributed by atoms with Crippen LogP contribution < -0.4 is 5.32 Å². The summed E-state index contributed by atoms with van der Waals surface area (Å²) in [4.78, 5) is 0. The maximum Gasteiger partial charge on any atom is 0.152 e. The Morgan fingerprint density at radius 2 is 1.91 bits per heavy atom. The molecule has 1 rings (SSSR count). The molecule has 0 aliphatic carbocycles. The third-order valence-corrected chi connectivity index (χ3v) is 4.42. The molecule has 0 aromatic heterocycles. The van der Waals surface area contributed by atoms with Crippen LogP contribution in [0.4, 0.5) is 0 Å². The highest BCUT2D eigenvalue weighted by Crippen LogP contribution is 2.13. The summed E-state index contributed by atoms with van der Waals surface area (Å²) in [7, 11) is -2.78. The summed E-state index contributed by atoms with van der Waals surface area (Å²) in [5.74, 6) is 0.275. The monoisotopic (exact) mass is 176 g/mol. The van der Waals surface area contributed by atoms with Gasteiger partial charge in [-0.25, -0.2) is 13.7 Å². The molecule has 1 aliphatic heterocycles. The number of hydrogen-bond acceptors (Lipinski definition) is 2. The lowest BCUT2D eigenvalue weighted by Crippen LogP contribution is -2.33. The fraction of sp³-hybridized carbons (Fsp3) is 1.00. The Hall–Kier alpha value is -0.0900. The van der Waals surface area contributed by atoms with Crippen LogP contribution in [0.2, 0.25) is 0 Å². The second-order valence-corrected chi connectivity index (χ2v) is 5.39. The van der Waals surface area contributed by atoms with E-state index in [1.165, 1.54) is 0 Å². The predicted octanol–water partition coefficient (Wildman–Crippen LogP) is 0.188. The summed E-state index contributed by atoms with van der Waals surface area (Å²) < 4.78 is 22.6. The van der Waals surface area contributed by atoms with Crippen LogP contribution in [0.1, 0.15) is 19.8 Å². The van der Waals surface area contributed by atoms with Gasteiger partial charge in [-0.05, 0) is 12.8 Å². The second kappa shape index (κ2) is 3.54. The predicted molar refractivity (Wildman–Crippen MR) is 44.4 cm³/mol. The molecular weight excluding hydrogens is 162 g/mol. The van der Waals surface area contributed by atoms with E-state index in [9.17, 15) is 8.42 Å². The van der Waals surface area contributed by atoms with Crippen molar-refractivity contribution in [3.63, 3.8) is 0 Å². The van der Waals surface area contributed by atoms with Crippen LogP contribution in [0.25, 0.3) is 0 Å². The molecular formula is C7H14NO2S. The van der Waals surface area contributed by atoms with E-state index in [0.29, 0.717) is 0 Å². The van der Waals surface area contributed by atoms with Gasteiger partial charge in [-0.1, -0.05) is 6.92 Å². The van der Waals surface area contributed by atoms with Gasteiger partial charge in [-0.15, -0.1) is 0 Å². The van der Waals surface area contributed by atoms with E-state index < -0.39 is 9.84 Å². The molecule has 3 nitrogen and oxygen atoms in total. The third-order valence-electron chi connectivity index (χ3n) is 2.13. The van der Waals surface area contributed by atoms with Crippen LogP contribution in [-0.4, -0.2) is 32.5 Å². The van der Waals surface area contributed by atoms with E-state index in [-0.39, 0.29) is 11.0 Å². The first-order valence-corrected chi connectivity index (χ1v) is 5.73. The molecule has 1 saturated heterocycles. The third kappa shape index (κ3) is 2.17. The number of hydrogen-bond donors (Lipinski definition) is 0. The largest absolute Gasteiger partial charge is 0.242 e. The fourth-order valence-electron chi connectivity index (χ4n) is 1.32. The fourth-order valence-corrected chi connectivity index (χ4v) is 2.72. The van der Waals surface area contributed by atoms with Crippen LogP contribution in [0, 0.1) is 0 Å². The zero-order valence-corrected chi connectivity index (χ0v) is 7.60. The minimum Gasteiger partial charge on any atom is -0.242 e. The average molecular weight is 176 g/mol. The van der Waals surface area contributed by atoms with E-state index in [1.807, 2.05) is 0 Å². The second-order valence-electron chi connectivity index (χ2n) is 2.82. The lowest BCUT2D eigenvalue weighted by atomic mass is 10.2. The van der Waals surface area contributed by atoms with Gasteiger partial charge in [0.05, 0.1) is 5.25 Å². The maximum absolute atomic E-state index is 11.3. The van der Waals surface area contributed by atoms with Crippen molar-refractivity contribution in [3.8, 4) is 0 Å². The molecule has 1 aliphatic rings. The van der Waals surface area contributed by atoms with Crippen LogP contribution in [-0.2, 0) is 9.84 Å². The highest BCUT2D eigenvalue weighted by Gasteiger charge is 2.25. The van der Waals surface area contributed by atoms with Gasteiger partial charge in [-0.2, -0.15) is 0 Å². The van der Waals surface area contributed by atoms with Crippen LogP contribution in [0.5, 0.6) is 0 Å². The van der Waals surface area contributed by atoms with E-state index in [2.05, 4.69) is 5.32 Å². The summed E-state index contributed by atoms with van der Waals surface area (Å²) >= 11 is 0. The number of rotatable bonds is 2. The molecule has 0 aromatic carbocycles. The highest BCUT2D eigenvalue weighted by molar-refractivity contribution is 7.92. The minimum atomic E-state index is -2.78. The molecule has 1 radical (unpaired) electrons. The normalized spacial score (nSPS) is 21.9. The Morgan fingerprint density at radius 3 is 2.36 bits per heavy atom. The van der Waals surface area contributed by atoms with Crippen molar-refractivity contribution in [2.45, 2.75) is 25.0 Å². The van der Waals surface area contributed by atoms with Gasteiger partial charge in [0.15, 0.2) is 9.84 Å². The maximum atomic E-state index is 11.3. The van der Waals surface area contributed by atoms with Gasteiger partial charge < -0.3 is 0 Å². The van der Waals surface area contributed by atoms with E-state index in [4.69, 9.17) is 0 Å². The summed E-state index contributed by atoms with van der Waals surface area (Å²) in [5, 5.41) is 4.00. The molecule has 0 N–H and O–H groups in total. The van der Waals surface area contributed by atoms with Gasteiger partial charge in [0, 0.05) is 18.8 Å². The van der Waals surface area contributed by atoms with E-state index in [0.717, 1.165) is 25.9 Å².